The lowest BCUT2D eigenvalue weighted by atomic mass is 10.2. The lowest BCUT2D eigenvalue weighted by Crippen LogP contribution is -2.35. The molecule has 114 valence electrons. The zero-order chi connectivity index (χ0) is 15.9. The van der Waals surface area contributed by atoms with Crippen molar-refractivity contribution in [1.82, 2.24) is 10.3 Å². The number of ether oxygens (including phenoxy) is 1. The molecule has 0 fully saturated rings. The van der Waals surface area contributed by atoms with Crippen LogP contribution in [0, 0.1) is 6.92 Å². The standard InChI is InChI=1S/C16H17N3O3/c1-11-6-3-4-8-13(11)19-15(21)14(20)18-10-12-7-5-9-17-16(12)22-2/h3-9H,10H2,1-2H3,(H,18,20)(H,19,21). The summed E-state index contributed by atoms with van der Waals surface area (Å²) < 4.78 is 5.09. The number of aromatic nitrogens is 1. The normalized spacial score (nSPS) is 9.91. The highest BCUT2D eigenvalue weighted by molar-refractivity contribution is 6.39. The molecule has 2 N–H and O–H groups in total. The number of hydrogen-bond donors (Lipinski definition) is 2. The Balaban J connectivity index is 1.95. The summed E-state index contributed by atoms with van der Waals surface area (Å²) in [6, 6.07) is 10.8. The number of amides is 2. The third-order valence-electron chi connectivity index (χ3n) is 3.08. The summed E-state index contributed by atoms with van der Waals surface area (Å²) in [5.74, 6) is -1.01. The molecule has 0 aliphatic carbocycles. The van der Waals surface area contributed by atoms with Gasteiger partial charge in [0, 0.05) is 24.0 Å². The van der Waals surface area contributed by atoms with Gasteiger partial charge in [-0.15, -0.1) is 0 Å². The largest absolute Gasteiger partial charge is 0.481 e. The van der Waals surface area contributed by atoms with Gasteiger partial charge >= 0.3 is 11.8 Å². The maximum atomic E-state index is 11.9. The van der Waals surface area contributed by atoms with Crippen LogP contribution in [-0.2, 0) is 16.1 Å². The summed E-state index contributed by atoms with van der Waals surface area (Å²) in [4.78, 5) is 27.7. The van der Waals surface area contributed by atoms with Crippen molar-refractivity contribution in [3.05, 3.63) is 53.7 Å². The fourth-order valence-corrected chi connectivity index (χ4v) is 1.89. The Morgan fingerprint density at radius 3 is 2.64 bits per heavy atom. The molecule has 2 amide bonds. The molecule has 1 heterocycles. The van der Waals surface area contributed by atoms with E-state index in [1.165, 1.54) is 7.11 Å². The summed E-state index contributed by atoms with van der Waals surface area (Å²) in [7, 11) is 1.50. The third kappa shape index (κ3) is 3.82. The van der Waals surface area contributed by atoms with Gasteiger partial charge in [0.05, 0.1) is 7.11 Å². The van der Waals surface area contributed by atoms with Gasteiger partial charge in [-0.05, 0) is 24.6 Å². The van der Waals surface area contributed by atoms with Gasteiger partial charge in [-0.3, -0.25) is 9.59 Å². The number of carbonyl (C=O) groups excluding carboxylic acids is 2. The van der Waals surface area contributed by atoms with Gasteiger partial charge in [0.15, 0.2) is 0 Å². The van der Waals surface area contributed by atoms with Crippen LogP contribution in [0.2, 0.25) is 0 Å². The number of nitrogens with zero attached hydrogens (tertiary/aromatic N) is 1. The molecule has 0 unspecified atom stereocenters. The monoisotopic (exact) mass is 299 g/mol. The van der Waals surface area contributed by atoms with Crippen LogP contribution in [0.3, 0.4) is 0 Å². The molecule has 0 aliphatic rings. The van der Waals surface area contributed by atoms with Gasteiger partial charge in [0.1, 0.15) is 0 Å². The van der Waals surface area contributed by atoms with E-state index in [9.17, 15) is 9.59 Å². The molecule has 6 nitrogen and oxygen atoms in total. The first kappa shape index (κ1) is 15.5. The van der Waals surface area contributed by atoms with Crippen molar-refractivity contribution in [3.8, 4) is 5.88 Å². The number of benzene rings is 1. The number of anilines is 1. The fraction of sp³-hybridized carbons (Fsp3) is 0.188. The third-order valence-corrected chi connectivity index (χ3v) is 3.08. The zero-order valence-electron chi connectivity index (χ0n) is 12.4. The maximum absolute atomic E-state index is 11.9. The molecule has 2 aromatic rings. The maximum Gasteiger partial charge on any atom is 0.313 e. The Labute approximate surface area is 128 Å². The van der Waals surface area contributed by atoms with Crippen molar-refractivity contribution in [2.45, 2.75) is 13.5 Å². The second-order valence-electron chi connectivity index (χ2n) is 4.62. The van der Waals surface area contributed by atoms with Crippen molar-refractivity contribution in [2.24, 2.45) is 0 Å². The predicted octanol–water partition coefficient (Wildman–Crippen LogP) is 1.65. The Morgan fingerprint density at radius 2 is 1.91 bits per heavy atom. The zero-order valence-corrected chi connectivity index (χ0v) is 12.4. The summed E-state index contributed by atoms with van der Waals surface area (Å²) in [6.45, 7) is 2.02. The molecular weight excluding hydrogens is 282 g/mol. The van der Waals surface area contributed by atoms with E-state index in [-0.39, 0.29) is 6.54 Å². The highest BCUT2D eigenvalue weighted by Gasteiger charge is 2.15. The second kappa shape index (κ2) is 7.21. The molecule has 0 radical (unpaired) electrons. The molecular formula is C16H17N3O3. The smallest absolute Gasteiger partial charge is 0.313 e. The molecule has 0 saturated carbocycles. The first-order valence-electron chi connectivity index (χ1n) is 6.74. The number of pyridine rings is 1. The lowest BCUT2D eigenvalue weighted by molar-refractivity contribution is -0.136. The average Bonchev–Trinajstić information content (AvgIpc) is 2.54. The minimum atomic E-state index is -0.714. The molecule has 0 spiro atoms. The topological polar surface area (TPSA) is 80.3 Å². The van der Waals surface area contributed by atoms with E-state index in [1.807, 2.05) is 19.1 Å². The highest BCUT2D eigenvalue weighted by atomic mass is 16.5. The van der Waals surface area contributed by atoms with Crippen LogP contribution in [0.5, 0.6) is 5.88 Å². The van der Waals surface area contributed by atoms with Crippen LogP contribution in [0.15, 0.2) is 42.6 Å². The quantitative estimate of drug-likeness (QED) is 0.841. The number of nitrogens with one attached hydrogen (secondary N) is 2. The number of hydrogen-bond acceptors (Lipinski definition) is 4. The van der Waals surface area contributed by atoms with Gasteiger partial charge in [-0.2, -0.15) is 0 Å². The summed E-state index contributed by atoms with van der Waals surface area (Å²) in [5, 5.41) is 5.12. The van der Waals surface area contributed by atoms with Gasteiger partial charge in [-0.25, -0.2) is 4.98 Å². The highest BCUT2D eigenvalue weighted by Crippen LogP contribution is 2.14. The molecule has 6 heteroatoms. The van der Waals surface area contributed by atoms with Crippen LogP contribution in [-0.4, -0.2) is 23.9 Å². The van der Waals surface area contributed by atoms with E-state index in [2.05, 4.69) is 15.6 Å². The Kier molecular flexibility index (Phi) is 5.08. The Hall–Kier alpha value is -2.89. The fourth-order valence-electron chi connectivity index (χ4n) is 1.89. The van der Waals surface area contributed by atoms with Gasteiger partial charge < -0.3 is 15.4 Å². The van der Waals surface area contributed by atoms with E-state index in [4.69, 9.17) is 4.74 Å². The summed E-state index contributed by atoms with van der Waals surface area (Å²) in [6.07, 6.45) is 1.59. The minimum Gasteiger partial charge on any atom is -0.481 e. The SMILES string of the molecule is COc1ncccc1CNC(=O)C(=O)Nc1ccccc1C. The van der Waals surface area contributed by atoms with Crippen molar-refractivity contribution >= 4 is 17.5 Å². The molecule has 0 aliphatic heterocycles. The van der Waals surface area contributed by atoms with Crippen LogP contribution >= 0.6 is 0 Å². The van der Waals surface area contributed by atoms with Crippen molar-refractivity contribution in [3.63, 3.8) is 0 Å². The van der Waals surface area contributed by atoms with Gasteiger partial charge in [0.25, 0.3) is 0 Å². The summed E-state index contributed by atoms with van der Waals surface area (Å²) >= 11 is 0. The predicted molar refractivity (Wildman–Crippen MR) is 82.4 cm³/mol. The van der Waals surface area contributed by atoms with E-state index in [0.717, 1.165) is 5.56 Å². The molecule has 0 atom stereocenters. The molecule has 0 bridgehead atoms. The van der Waals surface area contributed by atoms with Gasteiger partial charge in [0.2, 0.25) is 5.88 Å². The number of aryl methyl sites for hydroxylation is 1. The second-order valence-corrected chi connectivity index (χ2v) is 4.62. The van der Waals surface area contributed by atoms with E-state index >= 15 is 0 Å². The van der Waals surface area contributed by atoms with E-state index in [1.54, 1.807) is 30.5 Å². The lowest BCUT2D eigenvalue weighted by Gasteiger charge is -2.10. The van der Waals surface area contributed by atoms with Crippen molar-refractivity contribution in [2.75, 3.05) is 12.4 Å². The minimum absolute atomic E-state index is 0.164. The molecule has 1 aromatic carbocycles. The van der Waals surface area contributed by atoms with Crippen LogP contribution in [0.1, 0.15) is 11.1 Å². The average molecular weight is 299 g/mol. The van der Waals surface area contributed by atoms with E-state index in [0.29, 0.717) is 17.1 Å². The van der Waals surface area contributed by atoms with Crippen LogP contribution in [0.4, 0.5) is 5.69 Å². The van der Waals surface area contributed by atoms with E-state index < -0.39 is 11.8 Å². The summed E-state index contributed by atoms with van der Waals surface area (Å²) in [5.41, 5.74) is 2.20. The van der Waals surface area contributed by atoms with Crippen molar-refractivity contribution in [1.29, 1.82) is 0 Å². The molecule has 22 heavy (non-hydrogen) atoms. The number of methoxy groups -OCH3 is 1. The molecule has 0 saturated heterocycles. The Morgan fingerprint density at radius 1 is 1.14 bits per heavy atom. The number of carbonyl (C=O) groups is 2. The van der Waals surface area contributed by atoms with Crippen LogP contribution in [0.25, 0.3) is 0 Å². The molecule has 2 rings (SSSR count). The number of rotatable bonds is 4. The first-order chi connectivity index (χ1) is 10.6. The van der Waals surface area contributed by atoms with Crippen LogP contribution < -0.4 is 15.4 Å². The Bertz CT molecular complexity index is 686. The number of para-hydroxylation sites is 1. The van der Waals surface area contributed by atoms with Crippen molar-refractivity contribution < 1.29 is 14.3 Å². The first-order valence-corrected chi connectivity index (χ1v) is 6.74. The van der Waals surface area contributed by atoms with Gasteiger partial charge in [-0.1, -0.05) is 24.3 Å². The molecule has 1 aromatic heterocycles.